The van der Waals surface area contributed by atoms with E-state index >= 15 is 0 Å². The van der Waals surface area contributed by atoms with Gasteiger partial charge in [-0.05, 0) is 18.9 Å². The first kappa shape index (κ1) is 22.1. The van der Waals surface area contributed by atoms with Gasteiger partial charge in [0.2, 0.25) is 5.95 Å². The van der Waals surface area contributed by atoms with Crippen LogP contribution in [0.5, 0.6) is 0 Å². The summed E-state index contributed by atoms with van der Waals surface area (Å²) in [5.41, 5.74) is 7.38. The zero-order chi connectivity index (χ0) is 22.0. The predicted molar refractivity (Wildman–Crippen MR) is 112 cm³/mol. The van der Waals surface area contributed by atoms with Gasteiger partial charge in [0.05, 0.1) is 29.9 Å². The van der Waals surface area contributed by atoms with Crippen LogP contribution in [-0.2, 0) is 4.74 Å². The summed E-state index contributed by atoms with van der Waals surface area (Å²) in [6.45, 7) is 9.18. The number of aromatic nitrogens is 2. The van der Waals surface area contributed by atoms with E-state index in [0.29, 0.717) is 17.0 Å². The van der Waals surface area contributed by atoms with Crippen LogP contribution < -0.4 is 10.6 Å². The molecule has 0 radical (unpaired) electrons. The number of nitrogens with zero attached hydrogens (tertiary/aromatic N) is 4. The number of aliphatic imine (C=N–C) groups is 1. The molecule has 0 bridgehead atoms. The van der Waals surface area contributed by atoms with E-state index in [2.05, 4.69) is 28.1 Å². The van der Waals surface area contributed by atoms with Crippen LogP contribution in [0.15, 0.2) is 42.2 Å². The SMILES string of the molecule is C=C/C(=C\N(C=C)c1nc(N)c2c(n1)C(C1OCCC(O)[C@@H](O)[C@H]1O)C=N2)C(C)O. The lowest BCUT2D eigenvalue weighted by Gasteiger charge is -2.28. The third-order valence-corrected chi connectivity index (χ3v) is 5.20. The number of rotatable bonds is 6. The number of ether oxygens (including phenoxy) is 1. The molecule has 30 heavy (non-hydrogen) atoms. The molecule has 6 atom stereocenters. The third-order valence-electron chi connectivity index (χ3n) is 5.20. The van der Waals surface area contributed by atoms with E-state index in [1.165, 1.54) is 23.4 Å². The van der Waals surface area contributed by atoms with Crippen molar-refractivity contribution in [3.05, 3.63) is 42.9 Å². The Bertz CT molecular complexity index is 871. The predicted octanol–water partition coefficient (Wildman–Crippen LogP) is 0.131. The van der Waals surface area contributed by atoms with Gasteiger partial charge in [-0.25, -0.2) is 4.98 Å². The molecule has 4 unspecified atom stereocenters. The van der Waals surface area contributed by atoms with Crippen molar-refractivity contribution >= 4 is 23.7 Å². The molecule has 162 valence electrons. The van der Waals surface area contributed by atoms with Gasteiger partial charge in [-0.1, -0.05) is 19.2 Å². The minimum absolute atomic E-state index is 0.120. The Morgan fingerprint density at radius 1 is 1.30 bits per heavy atom. The van der Waals surface area contributed by atoms with Crippen LogP contribution in [0, 0.1) is 0 Å². The number of anilines is 2. The van der Waals surface area contributed by atoms with E-state index in [9.17, 15) is 20.4 Å². The molecule has 0 spiro atoms. The molecule has 1 aromatic heterocycles. The Balaban J connectivity index is 1.99. The van der Waals surface area contributed by atoms with Crippen molar-refractivity contribution in [1.29, 1.82) is 0 Å². The Labute approximate surface area is 174 Å². The molecule has 3 rings (SSSR count). The lowest BCUT2D eigenvalue weighted by molar-refractivity contribution is -0.0946. The van der Waals surface area contributed by atoms with Crippen LogP contribution in [0.4, 0.5) is 17.5 Å². The summed E-state index contributed by atoms with van der Waals surface area (Å²) in [5, 5.41) is 40.5. The van der Waals surface area contributed by atoms with Crippen molar-refractivity contribution in [1.82, 2.24) is 9.97 Å². The zero-order valence-electron chi connectivity index (χ0n) is 16.7. The van der Waals surface area contributed by atoms with E-state index in [1.54, 1.807) is 13.1 Å². The molecule has 6 N–H and O–H groups in total. The number of hydrogen-bond acceptors (Lipinski definition) is 10. The summed E-state index contributed by atoms with van der Waals surface area (Å²) in [5.74, 6) is -0.305. The number of aliphatic hydroxyl groups is 4. The van der Waals surface area contributed by atoms with Crippen LogP contribution in [0.1, 0.15) is 25.0 Å². The zero-order valence-corrected chi connectivity index (χ0v) is 16.7. The molecular formula is C20H27N5O5. The molecule has 1 aromatic rings. The van der Waals surface area contributed by atoms with Gasteiger partial charge in [0.25, 0.3) is 0 Å². The van der Waals surface area contributed by atoms with Gasteiger partial charge < -0.3 is 30.9 Å². The van der Waals surface area contributed by atoms with E-state index in [0.717, 1.165) is 0 Å². The summed E-state index contributed by atoms with van der Waals surface area (Å²) in [4.78, 5) is 14.6. The Kier molecular flexibility index (Phi) is 6.64. The molecule has 0 amide bonds. The molecule has 1 fully saturated rings. The van der Waals surface area contributed by atoms with Crippen molar-refractivity contribution in [3.8, 4) is 0 Å². The van der Waals surface area contributed by atoms with Crippen molar-refractivity contribution in [2.24, 2.45) is 4.99 Å². The Hall–Kier alpha value is -2.63. The van der Waals surface area contributed by atoms with Gasteiger partial charge in [0.15, 0.2) is 5.82 Å². The number of aliphatic hydroxyl groups excluding tert-OH is 4. The average molecular weight is 417 g/mol. The first-order valence-corrected chi connectivity index (χ1v) is 9.59. The highest BCUT2D eigenvalue weighted by molar-refractivity contribution is 5.85. The van der Waals surface area contributed by atoms with Crippen LogP contribution in [0.2, 0.25) is 0 Å². The maximum atomic E-state index is 10.5. The van der Waals surface area contributed by atoms with Crippen LogP contribution in [-0.4, -0.2) is 73.7 Å². The van der Waals surface area contributed by atoms with Gasteiger partial charge in [0.1, 0.15) is 17.9 Å². The molecule has 3 heterocycles. The number of nitrogen functional groups attached to an aromatic ring is 1. The molecule has 2 aliphatic heterocycles. The average Bonchev–Trinajstić information content (AvgIpc) is 3.09. The largest absolute Gasteiger partial charge is 0.390 e. The summed E-state index contributed by atoms with van der Waals surface area (Å²) in [6, 6.07) is 0. The quantitative estimate of drug-likeness (QED) is 0.406. The second-order valence-corrected chi connectivity index (χ2v) is 7.22. The summed E-state index contributed by atoms with van der Waals surface area (Å²) >= 11 is 0. The molecule has 1 saturated heterocycles. The van der Waals surface area contributed by atoms with E-state index in [-0.39, 0.29) is 24.8 Å². The van der Waals surface area contributed by atoms with Crippen LogP contribution in [0.25, 0.3) is 0 Å². The van der Waals surface area contributed by atoms with E-state index < -0.39 is 36.4 Å². The second-order valence-electron chi connectivity index (χ2n) is 7.22. The number of hydrogen-bond donors (Lipinski definition) is 5. The van der Waals surface area contributed by atoms with Crippen molar-refractivity contribution in [3.63, 3.8) is 0 Å². The monoisotopic (exact) mass is 417 g/mol. The number of nitrogens with two attached hydrogens (primary N) is 1. The minimum Gasteiger partial charge on any atom is -0.390 e. The first-order valence-electron chi connectivity index (χ1n) is 9.59. The molecule has 10 nitrogen and oxygen atoms in total. The molecule has 2 aliphatic rings. The summed E-state index contributed by atoms with van der Waals surface area (Å²) < 4.78 is 5.72. The highest BCUT2D eigenvalue weighted by atomic mass is 16.5. The lowest BCUT2D eigenvalue weighted by Crippen LogP contribution is -2.45. The summed E-state index contributed by atoms with van der Waals surface area (Å²) in [6.07, 6.45) is 0.832. The standard InChI is InChI=1S/C20H27N5O5/c1-4-11(10(3)26)9-25(5-2)20-23-14-12(8-22-15(14)19(21)24-20)18-17(29)16(28)13(27)6-7-30-18/h4-5,8-10,12-13,16-18,26-29H,1-2,6-7H2,3H3,(H2,21,23,24)/b11-9+/t10?,12?,13?,16-,17-,18?/m1/s1. The fourth-order valence-corrected chi connectivity index (χ4v) is 3.44. The smallest absolute Gasteiger partial charge is 0.235 e. The fourth-order valence-electron chi connectivity index (χ4n) is 3.44. The normalized spacial score (nSPS) is 29.8. The van der Waals surface area contributed by atoms with E-state index in [1.807, 2.05) is 0 Å². The first-order chi connectivity index (χ1) is 14.3. The molecule has 10 heteroatoms. The maximum absolute atomic E-state index is 10.5. The lowest BCUT2D eigenvalue weighted by atomic mass is 9.92. The van der Waals surface area contributed by atoms with Gasteiger partial charge in [0, 0.05) is 25.2 Å². The van der Waals surface area contributed by atoms with Gasteiger partial charge >= 0.3 is 0 Å². The van der Waals surface area contributed by atoms with Crippen LogP contribution >= 0.6 is 0 Å². The van der Waals surface area contributed by atoms with Gasteiger partial charge in [-0.2, -0.15) is 4.98 Å². The topological polar surface area (TPSA) is 158 Å². The van der Waals surface area contributed by atoms with Crippen molar-refractivity contribution in [2.45, 2.75) is 49.8 Å². The molecule has 0 aliphatic carbocycles. The van der Waals surface area contributed by atoms with Crippen molar-refractivity contribution < 1.29 is 25.2 Å². The molecular weight excluding hydrogens is 390 g/mol. The third kappa shape index (κ3) is 4.13. The molecule has 0 saturated carbocycles. The Morgan fingerprint density at radius 2 is 2.03 bits per heavy atom. The van der Waals surface area contributed by atoms with Crippen molar-refractivity contribution in [2.75, 3.05) is 17.2 Å². The summed E-state index contributed by atoms with van der Waals surface area (Å²) in [7, 11) is 0. The Morgan fingerprint density at radius 3 is 2.67 bits per heavy atom. The second kappa shape index (κ2) is 9.02. The fraction of sp³-hybridized carbons (Fsp3) is 0.450. The molecule has 0 aromatic carbocycles. The number of fused-ring (bicyclic) bond motifs is 1. The van der Waals surface area contributed by atoms with Gasteiger partial charge in [-0.15, -0.1) is 0 Å². The van der Waals surface area contributed by atoms with Crippen LogP contribution in [0.3, 0.4) is 0 Å². The highest BCUT2D eigenvalue weighted by Crippen LogP contribution is 2.40. The highest BCUT2D eigenvalue weighted by Gasteiger charge is 2.42. The minimum atomic E-state index is -1.36. The van der Waals surface area contributed by atoms with E-state index in [4.69, 9.17) is 10.5 Å². The van der Waals surface area contributed by atoms with Gasteiger partial charge in [-0.3, -0.25) is 9.89 Å². The maximum Gasteiger partial charge on any atom is 0.235 e.